The SMILES string of the molecule is COc1ccc2cc(C(=O)N[C@@H](CCc3ccc(Cl)cc3)C(=O)NCCCc3ccccc3)ccc2c1. The average Bonchev–Trinajstić information content (AvgIpc) is 2.94. The summed E-state index contributed by atoms with van der Waals surface area (Å²) in [7, 11) is 1.62. The molecular formula is C31H31ClN2O3. The lowest BCUT2D eigenvalue weighted by Crippen LogP contribution is -2.47. The van der Waals surface area contributed by atoms with Gasteiger partial charge in [-0.2, -0.15) is 0 Å². The molecule has 0 aromatic heterocycles. The van der Waals surface area contributed by atoms with E-state index in [4.69, 9.17) is 16.3 Å². The highest BCUT2D eigenvalue weighted by Crippen LogP contribution is 2.22. The number of halogens is 1. The van der Waals surface area contributed by atoms with Gasteiger partial charge in [0.1, 0.15) is 11.8 Å². The number of amides is 2. The molecular weight excluding hydrogens is 484 g/mol. The number of nitrogens with one attached hydrogen (secondary N) is 2. The molecule has 0 saturated heterocycles. The first-order chi connectivity index (χ1) is 18.0. The summed E-state index contributed by atoms with van der Waals surface area (Å²) in [5.41, 5.74) is 2.80. The summed E-state index contributed by atoms with van der Waals surface area (Å²) in [5, 5.41) is 8.54. The lowest BCUT2D eigenvalue weighted by molar-refractivity contribution is -0.123. The summed E-state index contributed by atoms with van der Waals surface area (Å²) in [6, 6.07) is 28.3. The van der Waals surface area contributed by atoms with Crippen molar-refractivity contribution in [3.8, 4) is 5.75 Å². The molecule has 37 heavy (non-hydrogen) atoms. The summed E-state index contributed by atoms with van der Waals surface area (Å²) in [6.45, 7) is 0.541. The van der Waals surface area contributed by atoms with E-state index in [1.165, 1.54) is 5.56 Å². The summed E-state index contributed by atoms with van der Waals surface area (Å²) in [5.74, 6) is 0.301. The zero-order valence-corrected chi connectivity index (χ0v) is 21.6. The number of ether oxygens (including phenoxy) is 1. The number of aryl methyl sites for hydroxylation is 2. The van der Waals surface area contributed by atoms with Gasteiger partial charge in [0.15, 0.2) is 0 Å². The third kappa shape index (κ3) is 7.58. The Bertz CT molecular complexity index is 1340. The van der Waals surface area contributed by atoms with Crippen LogP contribution < -0.4 is 15.4 Å². The van der Waals surface area contributed by atoms with Crippen molar-refractivity contribution in [2.24, 2.45) is 0 Å². The maximum absolute atomic E-state index is 13.2. The van der Waals surface area contributed by atoms with Crippen LogP contribution in [0.2, 0.25) is 5.02 Å². The smallest absolute Gasteiger partial charge is 0.251 e. The second-order valence-corrected chi connectivity index (χ2v) is 9.44. The number of carbonyl (C=O) groups excluding carboxylic acids is 2. The van der Waals surface area contributed by atoms with Gasteiger partial charge in [0.2, 0.25) is 5.91 Å². The second kappa shape index (κ2) is 12.9. The normalized spacial score (nSPS) is 11.6. The maximum Gasteiger partial charge on any atom is 0.251 e. The summed E-state index contributed by atoms with van der Waals surface area (Å²) < 4.78 is 5.28. The average molecular weight is 515 g/mol. The van der Waals surface area contributed by atoms with Gasteiger partial charge in [-0.05, 0) is 84.0 Å². The summed E-state index contributed by atoms with van der Waals surface area (Å²) in [4.78, 5) is 26.3. The molecule has 0 heterocycles. The Kier molecular flexibility index (Phi) is 9.17. The van der Waals surface area contributed by atoms with Gasteiger partial charge in [0.05, 0.1) is 7.11 Å². The Morgan fingerprint density at radius 2 is 1.54 bits per heavy atom. The summed E-state index contributed by atoms with van der Waals surface area (Å²) >= 11 is 6.01. The van der Waals surface area contributed by atoms with E-state index in [2.05, 4.69) is 22.8 Å². The fraction of sp³-hybridized carbons (Fsp3) is 0.226. The molecule has 4 aromatic carbocycles. The fourth-order valence-corrected chi connectivity index (χ4v) is 4.36. The van der Waals surface area contributed by atoms with Gasteiger partial charge in [-0.25, -0.2) is 0 Å². The number of rotatable bonds is 11. The van der Waals surface area contributed by atoms with Crippen molar-refractivity contribution in [3.63, 3.8) is 0 Å². The van der Waals surface area contributed by atoms with Crippen molar-refractivity contribution in [3.05, 3.63) is 113 Å². The van der Waals surface area contributed by atoms with Crippen LogP contribution in [0.4, 0.5) is 0 Å². The monoisotopic (exact) mass is 514 g/mol. The molecule has 4 aromatic rings. The van der Waals surface area contributed by atoms with Gasteiger partial charge in [0.25, 0.3) is 5.91 Å². The van der Waals surface area contributed by atoms with E-state index in [0.29, 0.717) is 30.0 Å². The van der Waals surface area contributed by atoms with Gasteiger partial charge >= 0.3 is 0 Å². The fourth-order valence-electron chi connectivity index (χ4n) is 4.24. The van der Waals surface area contributed by atoms with E-state index in [1.807, 2.05) is 72.8 Å². The topological polar surface area (TPSA) is 67.4 Å². The third-order valence-corrected chi connectivity index (χ3v) is 6.60. The van der Waals surface area contributed by atoms with E-state index >= 15 is 0 Å². The lowest BCUT2D eigenvalue weighted by atomic mass is 10.0. The Morgan fingerprint density at radius 1 is 0.838 bits per heavy atom. The van der Waals surface area contributed by atoms with Crippen molar-refractivity contribution in [2.45, 2.75) is 31.7 Å². The van der Waals surface area contributed by atoms with Crippen LogP contribution in [0.1, 0.15) is 34.3 Å². The number of methoxy groups -OCH3 is 1. The Balaban J connectivity index is 1.41. The van der Waals surface area contributed by atoms with Gasteiger partial charge in [-0.3, -0.25) is 9.59 Å². The molecule has 0 spiro atoms. The quantitative estimate of drug-likeness (QED) is 0.242. The predicted molar refractivity (Wildman–Crippen MR) is 149 cm³/mol. The zero-order valence-electron chi connectivity index (χ0n) is 20.9. The molecule has 2 amide bonds. The van der Waals surface area contributed by atoms with Crippen LogP contribution in [-0.4, -0.2) is 31.5 Å². The first-order valence-electron chi connectivity index (χ1n) is 12.5. The van der Waals surface area contributed by atoms with Crippen molar-refractivity contribution in [1.29, 1.82) is 0 Å². The molecule has 4 rings (SSSR count). The highest BCUT2D eigenvalue weighted by atomic mass is 35.5. The molecule has 190 valence electrons. The predicted octanol–water partition coefficient (Wildman–Crippen LogP) is 5.98. The molecule has 0 fully saturated rings. The van der Waals surface area contributed by atoms with Gasteiger partial charge in [-0.1, -0.05) is 66.2 Å². The van der Waals surface area contributed by atoms with Gasteiger partial charge in [0, 0.05) is 17.1 Å². The Labute approximate surface area is 222 Å². The van der Waals surface area contributed by atoms with Gasteiger partial charge in [-0.15, -0.1) is 0 Å². The molecule has 0 radical (unpaired) electrons. The molecule has 1 atom stereocenters. The molecule has 0 bridgehead atoms. The molecule has 0 aliphatic rings. The zero-order chi connectivity index (χ0) is 26.0. The summed E-state index contributed by atoms with van der Waals surface area (Å²) in [6.07, 6.45) is 2.81. The van der Waals surface area contributed by atoms with Crippen LogP contribution in [0.25, 0.3) is 10.8 Å². The molecule has 0 aliphatic heterocycles. The highest BCUT2D eigenvalue weighted by molar-refractivity contribution is 6.30. The van der Waals surface area contributed by atoms with E-state index in [9.17, 15) is 9.59 Å². The van der Waals surface area contributed by atoms with E-state index in [-0.39, 0.29) is 11.8 Å². The van der Waals surface area contributed by atoms with Crippen LogP contribution >= 0.6 is 11.6 Å². The van der Waals surface area contributed by atoms with Crippen molar-refractivity contribution >= 4 is 34.2 Å². The van der Waals surface area contributed by atoms with Crippen molar-refractivity contribution in [1.82, 2.24) is 10.6 Å². The van der Waals surface area contributed by atoms with Gasteiger partial charge < -0.3 is 15.4 Å². The minimum Gasteiger partial charge on any atom is -0.497 e. The maximum atomic E-state index is 13.2. The number of fused-ring (bicyclic) bond motifs is 1. The molecule has 0 aliphatic carbocycles. The first kappa shape index (κ1) is 26.2. The molecule has 0 unspecified atom stereocenters. The molecule has 5 nitrogen and oxygen atoms in total. The van der Waals surface area contributed by atoms with Crippen LogP contribution in [-0.2, 0) is 17.6 Å². The Hall–Kier alpha value is -3.83. The second-order valence-electron chi connectivity index (χ2n) is 9.00. The first-order valence-corrected chi connectivity index (χ1v) is 12.8. The largest absolute Gasteiger partial charge is 0.497 e. The van der Waals surface area contributed by atoms with E-state index in [1.54, 1.807) is 13.2 Å². The minimum atomic E-state index is -0.661. The van der Waals surface area contributed by atoms with Crippen LogP contribution in [0.5, 0.6) is 5.75 Å². The third-order valence-electron chi connectivity index (χ3n) is 6.35. The number of hydrogen-bond acceptors (Lipinski definition) is 3. The minimum absolute atomic E-state index is 0.180. The van der Waals surface area contributed by atoms with Crippen molar-refractivity contribution < 1.29 is 14.3 Å². The van der Waals surface area contributed by atoms with E-state index in [0.717, 1.165) is 34.9 Å². The van der Waals surface area contributed by atoms with Crippen molar-refractivity contribution in [2.75, 3.05) is 13.7 Å². The van der Waals surface area contributed by atoms with Crippen LogP contribution in [0.15, 0.2) is 91.0 Å². The number of hydrogen-bond donors (Lipinski definition) is 2. The lowest BCUT2D eigenvalue weighted by Gasteiger charge is -2.19. The molecule has 2 N–H and O–H groups in total. The Morgan fingerprint density at radius 3 is 2.30 bits per heavy atom. The highest BCUT2D eigenvalue weighted by Gasteiger charge is 2.21. The number of carbonyl (C=O) groups is 2. The van der Waals surface area contributed by atoms with E-state index < -0.39 is 6.04 Å². The van der Waals surface area contributed by atoms with Crippen LogP contribution in [0.3, 0.4) is 0 Å². The molecule has 6 heteroatoms. The van der Waals surface area contributed by atoms with Crippen LogP contribution in [0, 0.1) is 0 Å². The standard InChI is InChI=1S/C31H31ClN2O3/c1-37-28-17-14-24-20-26(13-12-25(24)21-28)30(35)34-29(18-11-23-9-15-27(32)16-10-23)31(36)33-19-5-8-22-6-3-2-4-7-22/h2-4,6-7,9-10,12-17,20-21,29H,5,8,11,18-19H2,1H3,(H,33,36)(H,34,35)/t29-/m0/s1. The molecule has 0 saturated carbocycles. The number of benzene rings is 4.